The number of aromatic nitrogens is 1. The van der Waals surface area contributed by atoms with Gasteiger partial charge in [0.15, 0.2) is 0 Å². The standard InChI is InChI=1S/C18H27N3/c1-4-6-11-21(14(3)5-2)18-16(13-19)12-15-9-7-8-10-17(15)20-18/h7-10,12,14H,4-6,11,13,19H2,1-3H3. The molecule has 0 bridgehead atoms. The normalized spacial score (nSPS) is 12.6. The SMILES string of the molecule is CCCCN(c1nc2ccccc2cc1CN)C(C)CC. The van der Waals surface area contributed by atoms with Crippen molar-refractivity contribution in [2.45, 2.75) is 52.6 Å². The molecule has 1 aromatic carbocycles. The molecule has 1 unspecified atom stereocenters. The van der Waals surface area contributed by atoms with Gasteiger partial charge in [-0.25, -0.2) is 4.98 Å². The molecule has 1 atom stereocenters. The van der Waals surface area contributed by atoms with Gasteiger partial charge in [0.1, 0.15) is 5.82 Å². The molecule has 114 valence electrons. The first-order valence-electron chi connectivity index (χ1n) is 8.06. The van der Waals surface area contributed by atoms with Crippen molar-refractivity contribution in [1.82, 2.24) is 4.98 Å². The first-order chi connectivity index (χ1) is 10.2. The Morgan fingerprint density at radius 1 is 1.24 bits per heavy atom. The van der Waals surface area contributed by atoms with E-state index in [4.69, 9.17) is 10.7 Å². The highest BCUT2D eigenvalue weighted by Crippen LogP contribution is 2.26. The molecule has 0 radical (unpaired) electrons. The molecule has 2 aromatic rings. The lowest BCUT2D eigenvalue weighted by molar-refractivity contribution is 0.588. The summed E-state index contributed by atoms with van der Waals surface area (Å²) in [5.41, 5.74) is 8.18. The van der Waals surface area contributed by atoms with E-state index >= 15 is 0 Å². The maximum atomic E-state index is 5.98. The Kier molecular flexibility index (Phi) is 5.57. The number of pyridine rings is 1. The quantitative estimate of drug-likeness (QED) is 0.833. The highest BCUT2D eigenvalue weighted by molar-refractivity contribution is 5.81. The van der Waals surface area contributed by atoms with E-state index < -0.39 is 0 Å². The van der Waals surface area contributed by atoms with E-state index in [1.807, 2.05) is 12.1 Å². The number of fused-ring (bicyclic) bond motifs is 1. The van der Waals surface area contributed by atoms with Crippen LogP contribution < -0.4 is 10.6 Å². The molecule has 21 heavy (non-hydrogen) atoms. The second kappa shape index (κ2) is 7.41. The van der Waals surface area contributed by atoms with Crippen LogP contribution in [0.4, 0.5) is 5.82 Å². The predicted octanol–water partition coefficient (Wildman–Crippen LogP) is 4.10. The molecule has 2 rings (SSSR count). The lowest BCUT2D eigenvalue weighted by Crippen LogP contribution is -2.35. The molecule has 3 heteroatoms. The largest absolute Gasteiger partial charge is 0.354 e. The number of nitrogens with zero attached hydrogens (tertiary/aromatic N) is 2. The van der Waals surface area contributed by atoms with Gasteiger partial charge >= 0.3 is 0 Å². The lowest BCUT2D eigenvalue weighted by atomic mass is 10.1. The monoisotopic (exact) mass is 285 g/mol. The molecule has 0 spiro atoms. The average Bonchev–Trinajstić information content (AvgIpc) is 2.54. The van der Waals surface area contributed by atoms with Gasteiger partial charge in [0.2, 0.25) is 0 Å². The minimum absolute atomic E-state index is 0.482. The third kappa shape index (κ3) is 3.53. The van der Waals surface area contributed by atoms with E-state index in [2.05, 4.69) is 43.9 Å². The number of hydrogen-bond donors (Lipinski definition) is 1. The van der Waals surface area contributed by atoms with Crippen LogP contribution in [0.15, 0.2) is 30.3 Å². The third-order valence-corrected chi connectivity index (χ3v) is 4.15. The van der Waals surface area contributed by atoms with Gasteiger partial charge < -0.3 is 10.6 Å². The first-order valence-corrected chi connectivity index (χ1v) is 8.06. The minimum Gasteiger partial charge on any atom is -0.354 e. The van der Waals surface area contributed by atoms with Crippen molar-refractivity contribution in [2.75, 3.05) is 11.4 Å². The van der Waals surface area contributed by atoms with Crippen molar-refractivity contribution in [3.05, 3.63) is 35.9 Å². The van der Waals surface area contributed by atoms with Gasteiger partial charge in [-0.05, 0) is 31.9 Å². The Labute approximate surface area is 128 Å². The smallest absolute Gasteiger partial charge is 0.134 e. The summed E-state index contributed by atoms with van der Waals surface area (Å²) in [7, 11) is 0. The zero-order valence-electron chi connectivity index (χ0n) is 13.5. The highest BCUT2D eigenvalue weighted by atomic mass is 15.2. The number of para-hydroxylation sites is 1. The summed E-state index contributed by atoms with van der Waals surface area (Å²) in [6, 6.07) is 10.9. The molecule has 0 aliphatic carbocycles. The fourth-order valence-electron chi connectivity index (χ4n) is 2.63. The first kappa shape index (κ1) is 15.8. The number of hydrogen-bond acceptors (Lipinski definition) is 3. The van der Waals surface area contributed by atoms with E-state index in [9.17, 15) is 0 Å². The molecular formula is C18H27N3. The summed E-state index contributed by atoms with van der Waals surface area (Å²) >= 11 is 0. The topological polar surface area (TPSA) is 42.2 Å². The van der Waals surface area contributed by atoms with Crippen molar-refractivity contribution in [3.8, 4) is 0 Å². The van der Waals surface area contributed by atoms with Gasteiger partial charge in [-0.15, -0.1) is 0 Å². The van der Waals surface area contributed by atoms with Gasteiger partial charge in [-0.1, -0.05) is 38.5 Å². The van der Waals surface area contributed by atoms with Crippen molar-refractivity contribution in [1.29, 1.82) is 0 Å². The van der Waals surface area contributed by atoms with E-state index in [0.717, 1.165) is 29.9 Å². The van der Waals surface area contributed by atoms with Crippen molar-refractivity contribution in [3.63, 3.8) is 0 Å². The zero-order chi connectivity index (χ0) is 15.2. The van der Waals surface area contributed by atoms with Crippen LogP contribution in [0.5, 0.6) is 0 Å². The fourth-order valence-corrected chi connectivity index (χ4v) is 2.63. The zero-order valence-corrected chi connectivity index (χ0v) is 13.5. The summed E-state index contributed by atoms with van der Waals surface area (Å²) in [6.45, 7) is 8.31. The minimum atomic E-state index is 0.482. The van der Waals surface area contributed by atoms with Crippen molar-refractivity contribution >= 4 is 16.7 Å². The lowest BCUT2D eigenvalue weighted by Gasteiger charge is -2.31. The molecule has 0 saturated heterocycles. The molecule has 3 nitrogen and oxygen atoms in total. The molecule has 2 N–H and O–H groups in total. The highest BCUT2D eigenvalue weighted by Gasteiger charge is 2.17. The van der Waals surface area contributed by atoms with Crippen LogP contribution in [-0.4, -0.2) is 17.6 Å². The van der Waals surface area contributed by atoms with Crippen molar-refractivity contribution < 1.29 is 0 Å². The maximum absolute atomic E-state index is 5.98. The van der Waals surface area contributed by atoms with Crippen LogP contribution >= 0.6 is 0 Å². The van der Waals surface area contributed by atoms with Crippen LogP contribution in [0.25, 0.3) is 10.9 Å². The third-order valence-electron chi connectivity index (χ3n) is 4.15. The summed E-state index contributed by atoms with van der Waals surface area (Å²) in [4.78, 5) is 7.34. The second-order valence-electron chi connectivity index (χ2n) is 5.67. The Balaban J connectivity index is 2.48. The predicted molar refractivity (Wildman–Crippen MR) is 91.6 cm³/mol. The van der Waals surface area contributed by atoms with E-state index in [-0.39, 0.29) is 0 Å². The molecule has 0 saturated carbocycles. The molecule has 0 aliphatic rings. The van der Waals surface area contributed by atoms with Crippen LogP contribution in [0.1, 0.15) is 45.6 Å². The average molecular weight is 285 g/mol. The summed E-state index contributed by atoms with van der Waals surface area (Å²) in [5, 5.41) is 1.17. The maximum Gasteiger partial charge on any atom is 0.134 e. The molecule has 0 fully saturated rings. The van der Waals surface area contributed by atoms with Crippen LogP contribution in [0.3, 0.4) is 0 Å². The Morgan fingerprint density at radius 3 is 2.67 bits per heavy atom. The number of nitrogens with two attached hydrogens (primary N) is 1. The summed E-state index contributed by atoms with van der Waals surface area (Å²) in [5.74, 6) is 1.07. The summed E-state index contributed by atoms with van der Waals surface area (Å²) in [6.07, 6.45) is 3.49. The second-order valence-corrected chi connectivity index (χ2v) is 5.67. The van der Waals surface area contributed by atoms with Gasteiger partial charge in [0.05, 0.1) is 5.52 Å². The Bertz CT molecular complexity index is 580. The molecule has 0 amide bonds. The van der Waals surface area contributed by atoms with Gasteiger partial charge in [0.25, 0.3) is 0 Å². The van der Waals surface area contributed by atoms with Crippen molar-refractivity contribution in [2.24, 2.45) is 5.73 Å². The van der Waals surface area contributed by atoms with E-state index in [1.54, 1.807) is 0 Å². The summed E-state index contributed by atoms with van der Waals surface area (Å²) < 4.78 is 0. The number of benzene rings is 1. The molecule has 1 aromatic heterocycles. The van der Waals surface area contributed by atoms with Gasteiger partial charge in [-0.2, -0.15) is 0 Å². The van der Waals surface area contributed by atoms with Crippen LogP contribution in [0, 0.1) is 0 Å². The van der Waals surface area contributed by atoms with Crippen LogP contribution in [-0.2, 0) is 6.54 Å². The van der Waals surface area contributed by atoms with E-state index in [1.165, 1.54) is 18.2 Å². The Hall–Kier alpha value is -1.61. The molecular weight excluding hydrogens is 258 g/mol. The van der Waals surface area contributed by atoms with Gasteiger partial charge in [-0.3, -0.25) is 0 Å². The molecule has 1 heterocycles. The van der Waals surface area contributed by atoms with E-state index in [0.29, 0.717) is 12.6 Å². The fraction of sp³-hybridized carbons (Fsp3) is 0.500. The van der Waals surface area contributed by atoms with Gasteiger partial charge in [0, 0.05) is 30.1 Å². The van der Waals surface area contributed by atoms with Crippen LogP contribution in [0.2, 0.25) is 0 Å². The Morgan fingerprint density at radius 2 is 2.00 bits per heavy atom. The number of anilines is 1. The molecule has 0 aliphatic heterocycles. The number of unbranched alkanes of at least 4 members (excludes halogenated alkanes) is 1. The number of rotatable bonds is 7.